The largest absolute Gasteiger partial charge is 0.245 e. The molecule has 0 bridgehead atoms. The zero-order chi connectivity index (χ0) is 9.10. The van der Waals surface area contributed by atoms with E-state index in [-0.39, 0.29) is 0 Å². The monoisotopic (exact) mass is 253 g/mol. The standard InChI is InChI=1S/C10H8BrNS/c11-5-1-2-8-3-4-10-9(6-8)12-7-13-10/h1-4,6-7H,5H2. The first-order chi connectivity index (χ1) is 6.40. The third-order valence-corrected chi connectivity index (χ3v) is 2.94. The van der Waals surface area contributed by atoms with E-state index in [1.807, 2.05) is 5.51 Å². The molecule has 1 nitrogen and oxygen atoms in total. The summed E-state index contributed by atoms with van der Waals surface area (Å²) in [6.45, 7) is 0. The van der Waals surface area contributed by atoms with E-state index in [9.17, 15) is 0 Å². The van der Waals surface area contributed by atoms with Gasteiger partial charge in [-0.25, -0.2) is 4.98 Å². The van der Waals surface area contributed by atoms with Gasteiger partial charge in [0.15, 0.2) is 0 Å². The van der Waals surface area contributed by atoms with Crippen LogP contribution in [0.15, 0.2) is 29.8 Å². The molecular formula is C10H8BrNS. The summed E-state index contributed by atoms with van der Waals surface area (Å²) >= 11 is 5.02. The van der Waals surface area contributed by atoms with Gasteiger partial charge >= 0.3 is 0 Å². The number of fused-ring (bicyclic) bond motifs is 1. The smallest absolute Gasteiger partial charge is 0.0817 e. The van der Waals surface area contributed by atoms with Crippen LogP contribution < -0.4 is 0 Å². The molecule has 13 heavy (non-hydrogen) atoms. The molecule has 0 aliphatic carbocycles. The van der Waals surface area contributed by atoms with Crippen molar-refractivity contribution in [1.82, 2.24) is 4.98 Å². The van der Waals surface area contributed by atoms with Gasteiger partial charge in [-0.3, -0.25) is 0 Å². The summed E-state index contributed by atoms with van der Waals surface area (Å²) in [6.07, 6.45) is 4.17. The van der Waals surface area contributed by atoms with E-state index in [1.54, 1.807) is 11.3 Å². The summed E-state index contributed by atoms with van der Waals surface area (Å²) in [6, 6.07) is 6.32. The van der Waals surface area contributed by atoms with Gasteiger partial charge in [0.25, 0.3) is 0 Å². The number of rotatable bonds is 2. The Bertz CT molecular complexity index is 433. The third-order valence-electron chi connectivity index (χ3n) is 1.75. The second kappa shape index (κ2) is 4.03. The number of thiazole rings is 1. The molecule has 0 unspecified atom stereocenters. The van der Waals surface area contributed by atoms with Gasteiger partial charge in [0.1, 0.15) is 0 Å². The fourth-order valence-electron chi connectivity index (χ4n) is 1.16. The van der Waals surface area contributed by atoms with Crippen LogP contribution in [0.4, 0.5) is 0 Å². The van der Waals surface area contributed by atoms with Gasteiger partial charge in [0.05, 0.1) is 15.7 Å². The Labute approximate surface area is 89.2 Å². The predicted molar refractivity (Wildman–Crippen MR) is 62.4 cm³/mol. The lowest BCUT2D eigenvalue weighted by molar-refractivity contribution is 1.50. The molecule has 0 radical (unpaired) electrons. The van der Waals surface area contributed by atoms with E-state index in [4.69, 9.17) is 0 Å². The molecule has 0 N–H and O–H groups in total. The molecule has 66 valence electrons. The molecular weight excluding hydrogens is 246 g/mol. The molecule has 1 heterocycles. The van der Waals surface area contributed by atoms with E-state index >= 15 is 0 Å². The van der Waals surface area contributed by atoms with Gasteiger partial charge in [-0.2, -0.15) is 0 Å². The number of allylic oxidation sites excluding steroid dienone is 1. The zero-order valence-electron chi connectivity index (χ0n) is 6.90. The quantitative estimate of drug-likeness (QED) is 0.744. The molecule has 3 heteroatoms. The van der Waals surface area contributed by atoms with Crippen molar-refractivity contribution in [3.05, 3.63) is 35.3 Å². The molecule has 0 saturated carbocycles. The van der Waals surface area contributed by atoms with Gasteiger partial charge in [0, 0.05) is 5.33 Å². The summed E-state index contributed by atoms with van der Waals surface area (Å²) in [5.74, 6) is 0. The summed E-state index contributed by atoms with van der Waals surface area (Å²) in [7, 11) is 0. The lowest BCUT2D eigenvalue weighted by Crippen LogP contribution is -1.72. The number of aromatic nitrogens is 1. The maximum atomic E-state index is 4.26. The number of nitrogens with zero attached hydrogens (tertiary/aromatic N) is 1. The van der Waals surface area contributed by atoms with Crippen molar-refractivity contribution in [1.29, 1.82) is 0 Å². The first kappa shape index (κ1) is 8.91. The SMILES string of the molecule is BrCC=Cc1ccc2scnc2c1. The van der Waals surface area contributed by atoms with Crippen LogP contribution in [-0.2, 0) is 0 Å². The lowest BCUT2D eigenvalue weighted by atomic mass is 10.2. The maximum Gasteiger partial charge on any atom is 0.0817 e. The zero-order valence-corrected chi connectivity index (χ0v) is 9.31. The van der Waals surface area contributed by atoms with Crippen LogP contribution in [0.1, 0.15) is 5.56 Å². The van der Waals surface area contributed by atoms with E-state index in [1.165, 1.54) is 10.3 Å². The number of alkyl halides is 1. The van der Waals surface area contributed by atoms with Crippen LogP contribution in [-0.4, -0.2) is 10.3 Å². The minimum Gasteiger partial charge on any atom is -0.245 e. The summed E-state index contributed by atoms with van der Waals surface area (Å²) < 4.78 is 1.25. The summed E-state index contributed by atoms with van der Waals surface area (Å²) in [5, 5.41) is 0.891. The topological polar surface area (TPSA) is 12.9 Å². The molecule has 0 aliphatic rings. The highest BCUT2D eigenvalue weighted by Crippen LogP contribution is 2.19. The number of halogens is 1. The summed E-state index contributed by atoms with van der Waals surface area (Å²) in [5.41, 5.74) is 4.17. The highest BCUT2D eigenvalue weighted by molar-refractivity contribution is 9.09. The Kier molecular flexibility index (Phi) is 2.76. The van der Waals surface area contributed by atoms with Crippen LogP contribution in [0.3, 0.4) is 0 Å². The Morgan fingerprint density at radius 2 is 2.38 bits per heavy atom. The van der Waals surface area contributed by atoms with Gasteiger partial charge in [-0.05, 0) is 17.7 Å². The summed E-state index contributed by atoms with van der Waals surface area (Å²) in [4.78, 5) is 4.26. The van der Waals surface area contributed by atoms with Crippen molar-refractivity contribution in [3.8, 4) is 0 Å². The van der Waals surface area contributed by atoms with Crippen LogP contribution in [0.5, 0.6) is 0 Å². The highest BCUT2D eigenvalue weighted by Gasteiger charge is 1.95. The van der Waals surface area contributed by atoms with Crippen molar-refractivity contribution >= 4 is 43.6 Å². The van der Waals surface area contributed by atoms with Crippen LogP contribution in [0.2, 0.25) is 0 Å². The molecule has 1 aromatic heterocycles. The second-order valence-corrected chi connectivity index (χ2v) is 4.17. The van der Waals surface area contributed by atoms with Crippen LogP contribution in [0, 0.1) is 0 Å². The second-order valence-electron chi connectivity index (χ2n) is 2.64. The van der Waals surface area contributed by atoms with Gasteiger partial charge in [0.2, 0.25) is 0 Å². The maximum absolute atomic E-state index is 4.26. The first-order valence-corrected chi connectivity index (χ1v) is 5.96. The van der Waals surface area contributed by atoms with E-state index in [0.29, 0.717) is 0 Å². The molecule has 0 spiro atoms. The molecule has 0 atom stereocenters. The van der Waals surface area contributed by atoms with E-state index in [0.717, 1.165) is 10.8 Å². The Hall–Kier alpha value is -0.670. The van der Waals surface area contributed by atoms with Gasteiger partial charge in [-0.15, -0.1) is 11.3 Å². The van der Waals surface area contributed by atoms with Crippen molar-refractivity contribution in [3.63, 3.8) is 0 Å². The molecule has 2 aromatic rings. The first-order valence-electron chi connectivity index (χ1n) is 3.96. The molecule has 0 saturated heterocycles. The fraction of sp³-hybridized carbons (Fsp3) is 0.100. The van der Waals surface area contributed by atoms with Crippen molar-refractivity contribution in [2.45, 2.75) is 0 Å². The van der Waals surface area contributed by atoms with E-state index in [2.05, 4.69) is 51.3 Å². The number of hydrogen-bond donors (Lipinski definition) is 0. The highest BCUT2D eigenvalue weighted by atomic mass is 79.9. The fourth-order valence-corrected chi connectivity index (χ4v) is 2.00. The Balaban J connectivity index is 2.42. The molecule has 2 rings (SSSR count). The predicted octanol–water partition coefficient (Wildman–Crippen LogP) is 3.70. The van der Waals surface area contributed by atoms with E-state index < -0.39 is 0 Å². The van der Waals surface area contributed by atoms with Gasteiger partial charge in [-0.1, -0.05) is 34.1 Å². The van der Waals surface area contributed by atoms with Crippen LogP contribution >= 0.6 is 27.3 Å². The number of hydrogen-bond acceptors (Lipinski definition) is 2. The number of benzene rings is 1. The Morgan fingerprint density at radius 3 is 3.23 bits per heavy atom. The third kappa shape index (κ3) is 1.98. The molecule has 1 aromatic carbocycles. The average Bonchev–Trinajstić information content (AvgIpc) is 2.61. The average molecular weight is 254 g/mol. The normalized spacial score (nSPS) is 11.5. The van der Waals surface area contributed by atoms with Crippen molar-refractivity contribution < 1.29 is 0 Å². The minimum atomic E-state index is 0.891. The molecule has 0 amide bonds. The van der Waals surface area contributed by atoms with Gasteiger partial charge < -0.3 is 0 Å². The molecule has 0 fully saturated rings. The molecule has 0 aliphatic heterocycles. The van der Waals surface area contributed by atoms with Crippen LogP contribution in [0.25, 0.3) is 16.3 Å². The minimum absolute atomic E-state index is 0.891. The Morgan fingerprint density at radius 1 is 1.46 bits per heavy atom. The van der Waals surface area contributed by atoms with Crippen molar-refractivity contribution in [2.75, 3.05) is 5.33 Å². The lowest BCUT2D eigenvalue weighted by Gasteiger charge is -1.91. The van der Waals surface area contributed by atoms with Crippen molar-refractivity contribution in [2.24, 2.45) is 0 Å².